The van der Waals surface area contributed by atoms with Gasteiger partial charge in [0.1, 0.15) is 0 Å². The van der Waals surface area contributed by atoms with E-state index in [-0.39, 0.29) is 12.5 Å². The normalized spacial score (nSPS) is 12.4. The first-order valence-electron chi connectivity index (χ1n) is 6.05. The van der Waals surface area contributed by atoms with E-state index in [1.807, 2.05) is 26.0 Å². The van der Waals surface area contributed by atoms with Gasteiger partial charge in [-0.1, -0.05) is 17.2 Å². The summed E-state index contributed by atoms with van der Waals surface area (Å²) in [5, 5.41) is 20.4. The Bertz CT molecular complexity index is 586. The van der Waals surface area contributed by atoms with Gasteiger partial charge in [0.2, 0.25) is 0 Å². The Kier molecular flexibility index (Phi) is 3.59. The number of benzene rings is 1. The second kappa shape index (κ2) is 5.17. The minimum absolute atomic E-state index is 0.0111. The molecule has 2 aromatic rings. The summed E-state index contributed by atoms with van der Waals surface area (Å²) in [6.07, 6.45) is -0.0111. The molecule has 0 aliphatic carbocycles. The van der Waals surface area contributed by atoms with Crippen LogP contribution in [-0.2, 0) is 4.79 Å². The topological polar surface area (TPSA) is 80.9 Å². The van der Waals surface area contributed by atoms with E-state index in [4.69, 9.17) is 5.11 Å². The molecular weight excluding hydrogens is 244 g/mol. The predicted molar refractivity (Wildman–Crippen MR) is 69.7 cm³/mol. The first-order valence-corrected chi connectivity index (χ1v) is 6.05. The lowest BCUT2D eigenvalue weighted by molar-refractivity contribution is -0.137. The van der Waals surface area contributed by atoms with Crippen molar-refractivity contribution in [2.24, 2.45) is 0 Å². The smallest absolute Gasteiger partial charge is 0.305 e. The molecule has 1 unspecified atom stereocenters. The molecule has 0 bridgehead atoms. The first-order chi connectivity index (χ1) is 8.97. The van der Waals surface area contributed by atoms with Crippen LogP contribution in [0.25, 0.3) is 11.4 Å². The summed E-state index contributed by atoms with van der Waals surface area (Å²) in [5.74, 6) is -0.269. The molecule has 1 aromatic carbocycles. The number of hydrogen-bond donors (Lipinski definition) is 1. The zero-order valence-electron chi connectivity index (χ0n) is 11.2. The van der Waals surface area contributed by atoms with Gasteiger partial charge in [0.15, 0.2) is 5.82 Å². The third-order valence-corrected chi connectivity index (χ3v) is 2.86. The molecule has 0 aliphatic rings. The molecule has 0 fully saturated rings. The minimum Gasteiger partial charge on any atom is -0.481 e. The average Bonchev–Trinajstić information content (AvgIpc) is 2.75. The van der Waals surface area contributed by atoms with Gasteiger partial charge in [-0.05, 0) is 43.3 Å². The molecule has 1 N–H and O–H groups in total. The number of carboxylic acid groups (broad SMARTS) is 1. The van der Waals surface area contributed by atoms with Crippen LogP contribution in [0, 0.1) is 13.8 Å². The number of carbonyl (C=O) groups is 1. The molecule has 100 valence electrons. The van der Waals surface area contributed by atoms with E-state index in [1.165, 1.54) is 0 Å². The number of nitrogens with zero attached hydrogens (tertiary/aromatic N) is 4. The second-order valence-electron chi connectivity index (χ2n) is 4.77. The van der Waals surface area contributed by atoms with Crippen molar-refractivity contribution in [3.05, 3.63) is 29.3 Å². The highest BCUT2D eigenvalue weighted by Gasteiger charge is 2.17. The number of aromatic nitrogens is 4. The molecule has 1 atom stereocenters. The molecule has 0 radical (unpaired) electrons. The molecule has 1 heterocycles. The molecule has 6 nitrogen and oxygen atoms in total. The van der Waals surface area contributed by atoms with Crippen LogP contribution in [0.3, 0.4) is 0 Å². The van der Waals surface area contributed by atoms with E-state index in [9.17, 15) is 4.79 Å². The molecule has 0 spiro atoms. The van der Waals surface area contributed by atoms with Crippen molar-refractivity contribution in [2.45, 2.75) is 33.2 Å². The number of tetrazole rings is 1. The Morgan fingerprint density at radius 3 is 2.53 bits per heavy atom. The number of carboxylic acids is 1. The van der Waals surface area contributed by atoms with Crippen LogP contribution in [0.5, 0.6) is 0 Å². The molecule has 0 saturated carbocycles. The van der Waals surface area contributed by atoms with Crippen LogP contribution in [0.15, 0.2) is 18.2 Å². The molecular formula is C13H16N4O2. The average molecular weight is 260 g/mol. The summed E-state index contributed by atoms with van der Waals surface area (Å²) < 4.78 is 1.56. The second-order valence-corrected chi connectivity index (χ2v) is 4.77. The zero-order valence-corrected chi connectivity index (χ0v) is 11.2. The van der Waals surface area contributed by atoms with Crippen LogP contribution in [0.2, 0.25) is 0 Å². The van der Waals surface area contributed by atoms with Gasteiger partial charge in [0.25, 0.3) is 0 Å². The molecule has 2 rings (SSSR count). The van der Waals surface area contributed by atoms with E-state index < -0.39 is 5.97 Å². The molecule has 1 aromatic heterocycles. The highest BCUT2D eigenvalue weighted by Crippen LogP contribution is 2.22. The number of aliphatic carboxylic acids is 1. The predicted octanol–water partition coefficient (Wildman–Crippen LogP) is 1.99. The van der Waals surface area contributed by atoms with Crippen LogP contribution < -0.4 is 0 Å². The molecule has 0 aliphatic heterocycles. The van der Waals surface area contributed by atoms with E-state index in [0.29, 0.717) is 5.82 Å². The van der Waals surface area contributed by atoms with Gasteiger partial charge in [-0.3, -0.25) is 4.79 Å². The Labute approximate surface area is 111 Å². The lowest BCUT2D eigenvalue weighted by Gasteiger charge is -2.11. The monoisotopic (exact) mass is 260 g/mol. The molecule has 0 amide bonds. The summed E-state index contributed by atoms with van der Waals surface area (Å²) in [6.45, 7) is 5.80. The van der Waals surface area contributed by atoms with Crippen molar-refractivity contribution >= 4 is 5.97 Å². The maximum Gasteiger partial charge on any atom is 0.305 e. The van der Waals surface area contributed by atoms with Gasteiger partial charge in [-0.15, -0.1) is 5.10 Å². The van der Waals surface area contributed by atoms with Gasteiger partial charge in [0, 0.05) is 5.56 Å². The van der Waals surface area contributed by atoms with Gasteiger partial charge in [-0.2, -0.15) is 0 Å². The highest BCUT2D eigenvalue weighted by molar-refractivity contribution is 5.67. The maximum absolute atomic E-state index is 10.8. The van der Waals surface area contributed by atoms with Crippen LogP contribution in [0.1, 0.15) is 30.5 Å². The van der Waals surface area contributed by atoms with E-state index in [1.54, 1.807) is 11.6 Å². The van der Waals surface area contributed by atoms with Crippen LogP contribution in [0.4, 0.5) is 0 Å². The van der Waals surface area contributed by atoms with Crippen molar-refractivity contribution < 1.29 is 9.90 Å². The zero-order chi connectivity index (χ0) is 14.0. The number of hydrogen-bond acceptors (Lipinski definition) is 4. The summed E-state index contributed by atoms with van der Waals surface area (Å²) in [7, 11) is 0. The minimum atomic E-state index is -0.866. The van der Waals surface area contributed by atoms with Crippen molar-refractivity contribution in [3.8, 4) is 11.4 Å². The van der Waals surface area contributed by atoms with Crippen LogP contribution in [-0.4, -0.2) is 31.3 Å². The van der Waals surface area contributed by atoms with Crippen molar-refractivity contribution in [3.63, 3.8) is 0 Å². The molecule has 19 heavy (non-hydrogen) atoms. The summed E-state index contributed by atoms with van der Waals surface area (Å²) in [5.41, 5.74) is 3.14. The highest BCUT2D eigenvalue weighted by atomic mass is 16.4. The van der Waals surface area contributed by atoms with Gasteiger partial charge >= 0.3 is 5.97 Å². The van der Waals surface area contributed by atoms with Gasteiger partial charge < -0.3 is 5.11 Å². The van der Waals surface area contributed by atoms with E-state index in [2.05, 4.69) is 21.6 Å². The van der Waals surface area contributed by atoms with Gasteiger partial charge in [0.05, 0.1) is 12.5 Å². The fraction of sp³-hybridized carbons (Fsp3) is 0.385. The molecule has 0 saturated heterocycles. The Morgan fingerprint density at radius 2 is 1.95 bits per heavy atom. The first kappa shape index (κ1) is 13.2. The summed E-state index contributed by atoms with van der Waals surface area (Å²) in [6, 6.07) is 5.76. The van der Waals surface area contributed by atoms with Crippen LogP contribution >= 0.6 is 0 Å². The largest absolute Gasteiger partial charge is 0.481 e. The summed E-state index contributed by atoms with van der Waals surface area (Å²) in [4.78, 5) is 10.8. The third-order valence-electron chi connectivity index (χ3n) is 2.86. The lowest BCUT2D eigenvalue weighted by atomic mass is 10.1. The standard InChI is InChI=1S/C13H16N4O2/c1-8-4-9(2)6-11(5-8)13-14-15-16-17(13)10(3)7-12(18)19/h4-6,10H,7H2,1-3H3,(H,18,19). The van der Waals surface area contributed by atoms with E-state index >= 15 is 0 Å². The SMILES string of the molecule is Cc1cc(C)cc(-c2nnnn2C(C)CC(=O)O)c1. The summed E-state index contributed by atoms with van der Waals surface area (Å²) >= 11 is 0. The van der Waals surface area contributed by atoms with Crippen molar-refractivity contribution in [1.82, 2.24) is 20.2 Å². The fourth-order valence-electron chi connectivity index (χ4n) is 2.12. The van der Waals surface area contributed by atoms with Crippen molar-refractivity contribution in [2.75, 3.05) is 0 Å². The maximum atomic E-state index is 10.8. The fourth-order valence-corrected chi connectivity index (χ4v) is 2.12. The lowest BCUT2D eigenvalue weighted by Crippen LogP contribution is -2.13. The Hall–Kier alpha value is -2.24. The van der Waals surface area contributed by atoms with Crippen molar-refractivity contribution in [1.29, 1.82) is 0 Å². The van der Waals surface area contributed by atoms with Gasteiger partial charge in [-0.25, -0.2) is 4.68 Å². The van der Waals surface area contributed by atoms with E-state index in [0.717, 1.165) is 16.7 Å². The number of rotatable bonds is 4. The quantitative estimate of drug-likeness (QED) is 0.909. The Balaban J connectivity index is 2.41. The third kappa shape index (κ3) is 2.96. The molecule has 6 heteroatoms. The number of aryl methyl sites for hydroxylation is 2. The Morgan fingerprint density at radius 1 is 1.32 bits per heavy atom.